The van der Waals surface area contributed by atoms with Gasteiger partial charge in [0, 0.05) is 18.6 Å². The largest absolute Gasteiger partial charge is 0.312 e. The molecule has 1 rings (SSSR count). The van der Waals surface area contributed by atoms with Gasteiger partial charge < -0.3 is 10.2 Å². The molecule has 2 heteroatoms. The zero-order valence-corrected chi connectivity index (χ0v) is 10.1. The third-order valence-corrected chi connectivity index (χ3v) is 3.04. The standard InChI is InChI=1S/C12H26N2/c1-4-6-12(14(3)9-5-2)10-13-11-7-8-11/h11-13H,4-10H2,1-3H3. The van der Waals surface area contributed by atoms with Crippen molar-refractivity contribution in [3.63, 3.8) is 0 Å². The van der Waals surface area contributed by atoms with Gasteiger partial charge in [0.2, 0.25) is 0 Å². The van der Waals surface area contributed by atoms with Gasteiger partial charge in [-0.1, -0.05) is 20.3 Å². The van der Waals surface area contributed by atoms with E-state index in [2.05, 4.69) is 31.1 Å². The van der Waals surface area contributed by atoms with Crippen LogP contribution >= 0.6 is 0 Å². The summed E-state index contributed by atoms with van der Waals surface area (Å²) in [5.74, 6) is 0. The molecule has 1 unspecified atom stereocenters. The van der Waals surface area contributed by atoms with E-state index >= 15 is 0 Å². The van der Waals surface area contributed by atoms with Crippen molar-refractivity contribution >= 4 is 0 Å². The van der Waals surface area contributed by atoms with E-state index in [0.29, 0.717) is 0 Å². The van der Waals surface area contributed by atoms with Crippen molar-refractivity contribution < 1.29 is 0 Å². The Hall–Kier alpha value is -0.0800. The van der Waals surface area contributed by atoms with E-state index in [4.69, 9.17) is 0 Å². The molecule has 0 aliphatic heterocycles. The molecule has 84 valence electrons. The summed E-state index contributed by atoms with van der Waals surface area (Å²) < 4.78 is 0. The van der Waals surface area contributed by atoms with E-state index < -0.39 is 0 Å². The predicted molar refractivity (Wildman–Crippen MR) is 62.6 cm³/mol. The third-order valence-electron chi connectivity index (χ3n) is 3.04. The number of nitrogens with zero attached hydrogens (tertiary/aromatic N) is 1. The van der Waals surface area contributed by atoms with Crippen molar-refractivity contribution in [3.8, 4) is 0 Å². The van der Waals surface area contributed by atoms with Crippen LogP contribution in [0.2, 0.25) is 0 Å². The maximum absolute atomic E-state index is 3.64. The quantitative estimate of drug-likeness (QED) is 0.643. The van der Waals surface area contributed by atoms with Crippen molar-refractivity contribution in [1.82, 2.24) is 10.2 Å². The zero-order valence-electron chi connectivity index (χ0n) is 10.1. The first-order chi connectivity index (χ1) is 6.77. The summed E-state index contributed by atoms with van der Waals surface area (Å²) in [7, 11) is 2.26. The van der Waals surface area contributed by atoms with Crippen LogP contribution in [0.4, 0.5) is 0 Å². The van der Waals surface area contributed by atoms with Gasteiger partial charge in [-0.25, -0.2) is 0 Å². The molecular formula is C12H26N2. The first-order valence-electron chi connectivity index (χ1n) is 6.21. The SMILES string of the molecule is CCCC(CNC1CC1)N(C)CCC. The average Bonchev–Trinajstić information content (AvgIpc) is 2.96. The molecule has 0 aromatic carbocycles. The maximum atomic E-state index is 3.64. The maximum Gasteiger partial charge on any atom is 0.0217 e. The highest BCUT2D eigenvalue weighted by atomic mass is 15.1. The monoisotopic (exact) mass is 198 g/mol. The Balaban J connectivity index is 2.20. The average molecular weight is 198 g/mol. The Labute approximate surface area is 89.1 Å². The van der Waals surface area contributed by atoms with Crippen molar-refractivity contribution in [3.05, 3.63) is 0 Å². The summed E-state index contributed by atoms with van der Waals surface area (Å²) in [6.07, 6.45) is 6.69. The summed E-state index contributed by atoms with van der Waals surface area (Å²) >= 11 is 0. The molecule has 0 heterocycles. The molecule has 0 bridgehead atoms. The summed E-state index contributed by atoms with van der Waals surface area (Å²) in [6, 6.07) is 1.60. The molecule has 0 radical (unpaired) electrons. The summed E-state index contributed by atoms with van der Waals surface area (Å²) in [6.45, 7) is 6.96. The molecule has 14 heavy (non-hydrogen) atoms. The minimum Gasteiger partial charge on any atom is -0.312 e. The van der Waals surface area contributed by atoms with E-state index in [1.54, 1.807) is 0 Å². The van der Waals surface area contributed by atoms with Crippen LogP contribution in [0.15, 0.2) is 0 Å². The van der Waals surface area contributed by atoms with E-state index in [-0.39, 0.29) is 0 Å². The fraction of sp³-hybridized carbons (Fsp3) is 1.00. The van der Waals surface area contributed by atoms with Gasteiger partial charge in [0.25, 0.3) is 0 Å². The van der Waals surface area contributed by atoms with Crippen LogP contribution in [-0.2, 0) is 0 Å². The van der Waals surface area contributed by atoms with E-state index in [1.165, 1.54) is 45.2 Å². The van der Waals surface area contributed by atoms with Gasteiger partial charge in [-0.2, -0.15) is 0 Å². The van der Waals surface area contributed by atoms with Crippen LogP contribution in [0, 0.1) is 0 Å². The first kappa shape index (κ1) is 12.0. The molecule has 0 spiro atoms. The summed E-state index contributed by atoms with van der Waals surface area (Å²) in [5.41, 5.74) is 0. The topological polar surface area (TPSA) is 15.3 Å². The van der Waals surface area contributed by atoms with Gasteiger partial charge in [-0.15, -0.1) is 0 Å². The molecule has 1 atom stereocenters. The highest BCUT2D eigenvalue weighted by Crippen LogP contribution is 2.19. The van der Waals surface area contributed by atoms with Gasteiger partial charge >= 0.3 is 0 Å². The van der Waals surface area contributed by atoms with Gasteiger partial charge in [-0.3, -0.25) is 0 Å². The molecule has 0 amide bonds. The molecule has 2 nitrogen and oxygen atoms in total. The Morgan fingerprint density at radius 2 is 2.00 bits per heavy atom. The lowest BCUT2D eigenvalue weighted by molar-refractivity contribution is 0.222. The van der Waals surface area contributed by atoms with Crippen molar-refractivity contribution in [2.45, 2.75) is 58.0 Å². The van der Waals surface area contributed by atoms with Crippen molar-refractivity contribution in [2.75, 3.05) is 20.1 Å². The Morgan fingerprint density at radius 3 is 2.50 bits per heavy atom. The van der Waals surface area contributed by atoms with Gasteiger partial charge in [0.15, 0.2) is 0 Å². The van der Waals surface area contributed by atoms with Crippen LogP contribution in [0.25, 0.3) is 0 Å². The van der Waals surface area contributed by atoms with E-state index in [0.717, 1.165) is 12.1 Å². The predicted octanol–water partition coefficient (Wildman–Crippen LogP) is 2.25. The van der Waals surface area contributed by atoms with Crippen molar-refractivity contribution in [1.29, 1.82) is 0 Å². The second-order valence-electron chi connectivity index (χ2n) is 4.61. The van der Waals surface area contributed by atoms with Crippen molar-refractivity contribution in [2.24, 2.45) is 0 Å². The molecule has 1 saturated carbocycles. The number of likely N-dealkylation sites (N-methyl/N-ethyl adjacent to an activating group) is 1. The van der Waals surface area contributed by atoms with Crippen LogP contribution < -0.4 is 5.32 Å². The first-order valence-corrected chi connectivity index (χ1v) is 6.21. The Kier molecular flexibility index (Phi) is 5.49. The number of hydrogen-bond donors (Lipinski definition) is 1. The second-order valence-corrected chi connectivity index (χ2v) is 4.61. The van der Waals surface area contributed by atoms with Crippen LogP contribution in [-0.4, -0.2) is 37.1 Å². The minimum atomic E-state index is 0.751. The highest BCUT2D eigenvalue weighted by molar-refractivity contribution is 4.83. The fourth-order valence-corrected chi connectivity index (χ4v) is 1.94. The molecule has 1 N–H and O–H groups in total. The Morgan fingerprint density at radius 1 is 1.29 bits per heavy atom. The second kappa shape index (κ2) is 6.41. The molecule has 0 saturated heterocycles. The molecule has 0 aromatic rings. The van der Waals surface area contributed by atoms with Crippen LogP contribution in [0.3, 0.4) is 0 Å². The van der Waals surface area contributed by atoms with Crippen LogP contribution in [0.1, 0.15) is 46.0 Å². The highest BCUT2D eigenvalue weighted by Gasteiger charge is 2.22. The Bertz CT molecular complexity index is 143. The zero-order chi connectivity index (χ0) is 10.4. The molecule has 1 fully saturated rings. The number of rotatable bonds is 8. The van der Waals surface area contributed by atoms with Gasteiger partial charge in [0.1, 0.15) is 0 Å². The smallest absolute Gasteiger partial charge is 0.0217 e. The van der Waals surface area contributed by atoms with E-state index in [1.807, 2.05) is 0 Å². The lowest BCUT2D eigenvalue weighted by atomic mass is 10.1. The third kappa shape index (κ3) is 4.43. The lowest BCUT2D eigenvalue weighted by Crippen LogP contribution is -2.41. The van der Waals surface area contributed by atoms with Gasteiger partial charge in [0.05, 0.1) is 0 Å². The van der Waals surface area contributed by atoms with Crippen LogP contribution in [0.5, 0.6) is 0 Å². The molecule has 1 aliphatic rings. The summed E-state index contributed by atoms with van der Waals surface area (Å²) in [5, 5.41) is 3.64. The number of hydrogen-bond acceptors (Lipinski definition) is 2. The van der Waals surface area contributed by atoms with Gasteiger partial charge in [-0.05, 0) is 39.3 Å². The summed E-state index contributed by atoms with van der Waals surface area (Å²) in [4.78, 5) is 2.51. The normalized spacial score (nSPS) is 18.9. The minimum absolute atomic E-state index is 0.751. The van der Waals surface area contributed by atoms with E-state index in [9.17, 15) is 0 Å². The molecule has 0 aromatic heterocycles. The number of nitrogens with one attached hydrogen (secondary N) is 1. The fourth-order valence-electron chi connectivity index (χ4n) is 1.94. The molecular weight excluding hydrogens is 172 g/mol. The lowest BCUT2D eigenvalue weighted by Gasteiger charge is -2.27. The molecule has 1 aliphatic carbocycles.